The average molecular weight is 374 g/mol. The van der Waals surface area contributed by atoms with Gasteiger partial charge in [0.2, 0.25) is 0 Å². The second kappa shape index (κ2) is 8.24. The number of aryl methyl sites for hydroxylation is 1. The molecule has 0 spiro atoms. The van der Waals surface area contributed by atoms with Crippen molar-refractivity contribution in [3.63, 3.8) is 0 Å². The molecule has 9 heteroatoms. The van der Waals surface area contributed by atoms with E-state index in [0.29, 0.717) is 11.8 Å². The first-order chi connectivity index (χ1) is 12.9. The Balaban J connectivity index is 1.57. The molecule has 2 aromatic rings. The summed E-state index contributed by atoms with van der Waals surface area (Å²) in [5.41, 5.74) is 2.57. The van der Waals surface area contributed by atoms with Crippen LogP contribution < -0.4 is 15.4 Å². The number of nitrogens with zero attached hydrogens (tertiary/aromatic N) is 3. The summed E-state index contributed by atoms with van der Waals surface area (Å²) in [7, 11) is 1.53. The average Bonchev–Trinajstić information content (AvgIpc) is 3.25. The predicted octanol–water partition coefficient (Wildman–Crippen LogP) is 3.03. The highest BCUT2D eigenvalue weighted by molar-refractivity contribution is 5.67. The van der Waals surface area contributed by atoms with Crippen molar-refractivity contribution >= 4 is 17.6 Å². The number of aromatic nitrogens is 4. The van der Waals surface area contributed by atoms with Gasteiger partial charge in [-0.25, -0.2) is 9.78 Å². The van der Waals surface area contributed by atoms with Crippen LogP contribution in [0.4, 0.5) is 16.3 Å². The summed E-state index contributed by atoms with van der Waals surface area (Å²) in [6.07, 6.45) is 3.85. The van der Waals surface area contributed by atoms with E-state index in [-0.39, 0.29) is 24.2 Å². The largest absolute Gasteiger partial charge is 0.467 e. The lowest BCUT2D eigenvalue weighted by Crippen LogP contribution is -2.33. The first kappa shape index (κ1) is 18.9. The smallest absolute Gasteiger partial charge is 0.407 e. The molecule has 27 heavy (non-hydrogen) atoms. The molecular weight excluding hydrogens is 348 g/mol. The van der Waals surface area contributed by atoms with Gasteiger partial charge in [-0.05, 0) is 40.0 Å². The Hall–Kier alpha value is -2.84. The molecular formula is C18H26N6O3. The molecule has 0 aromatic carbocycles. The summed E-state index contributed by atoms with van der Waals surface area (Å²) in [5.74, 6) is 0.988. The number of rotatable bonds is 6. The lowest BCUT2D eigenvalue weighted by molar-refractivity contribution is 0.0981. The van der Waals surface area contributed by atoms with Crippen LogP contribution in [0.25, 0.3) is 0 Å². The quantitative estimate of drug-likeness (QED) is 0.712. The molecule has 0 saturated heterocycles. The van der Waals surface area contributed by atoms with Gasteiger partial charge in [0.1, 0.15) is 6.10 Å². The molecule has 2 atom stereocenters. The zero-order valence-electron chi connectivity index (χ0n) is 16.1. The van der Waals surface area contributed by atoms with Crippen LogP contribution in [0, 0.1) is 6.92 Å². The third kappa shape index (κ3) is 4.87. The number of hydrogen-bond donors (Lipinski definition) is 3. The maximum absolute atomic E-state index is 11.8. The zero-order valence-corrected chi connectivity index (χ0v) is 16.1. The molecule has 3 N–H and O–H groups in total. The second-order valence-corrected chi connectivity index (χ2v) is 7.03. The van der Waals surface area contributed by atoms with E-state index in [9.17, 15) is 4.79 Å². The van der Waals surface area contributed by atoms with Gasteiger partial charge < -0.3 is 20.1 Å². The van der Waals surface area contributed by atoms with Gasteiger partial charge in [0.05, 0.1) is 24.7 Å². The van der Waals surface area contributed by atoms with Crippen LogP contribution in [0.15, 0.2) is 12.3 Å². The van der Waals surface area contributed by atoms with E-state index >= 15 is 0 Å². The summed E-state index contributed by atoms with van der Waals surface area (Å²) < 4.78 is 10.5. The molecule has 1 amide bonds. The lowest BCUT2D eigenvalue weighted by atomic mass is 10.0. The molecule has 1 fully saturated rings. The van der Waals surface area contributed by atoms with E-state index in [1.54, 1.807) is 6.20 Å². The molecule has 9 nitrogen and oxygen atoms in total. The minimum atomic E-state index is -0.349. The lowest BCUT2D eigenvalue weighted by Gasteiger charge is -2.14. The zero-order chi connectivity index (χ0) is 19.4. The first-order valence-electron chi connectivity index (χ1n) is 9.11. The molecule has 3 rings (SSSR count). The summed E-state index contributed by atoms with van der Waals surface area (Å²) in [4.78, 5) is 20.1. The molecule has 1 aliphatic carbocycles. The highest BCUT2D eigenvalue weighted by Gasteiger charge is 2.30. The molecule has 146 valence electrons. The van der Waals surface area contributed by atoms with Gasteiger partial charge in [-0.3, -0.25) is 5.10 Å². The van der Waals surface area contributed by atoms with Crippen molar-refractivity contribution in [2.24, 2.45) is 0 Å². The van der Waals surface area contributed by atoms with Gasteiger partial charge in [-0.15, -0.1) is 0 Å². The number of anilines is 2. The van der Waals surface area contributed by atoms with Crippen molar-refractivity contribution in [2.45, 2.75) is 58.1 Å². The number of carbonyl (C=O) groups is 1. The molecule has 2 aromatic heterocycles. The van der Waals surface area contributed by atoms with E-state index in [1.165, 1.54) is 7.11 Å². The van der Waals surface area contributed by atoms with Crippen molar-refractivity contribution in [1.82, 2.24) is 25.5 Å². The van der Waals surface area contributed by atoms with Crippen molar-refractivity contribution in [3.05, 3.63) is 23.7 Å². The molecule has 0 bridgehead atoms. The van der Waals surface area contributed by atoms with Crippen LogP contribution in [0.2, 0.25) is 0 Å². The van der Waals surface area contributed by atoms with Crippen LogP contribution in [0.1, 0.15) is 50.4 Å². The van der Waals surface area contributed by atoms with Crippen LogP contribution >= 0.6 is 0 Å². The minimum Gasteiger partial charge on any atom is -0.467 e. The van der Waals surface area contributed by atoms with Gasteiger partial charge >= 0.3 is 12.1 Å². The fourth-order valence-corrected chi connectivity index (χ4v) is 3.17. The Morgan fingerprint density at radius 2 is 2.19 bits per heavy atom. The minimum absolute atomic E-state index is 0.0642. The first-order valence-corrected chi connectivity index (χ1v) is 9.11. The molecule has 1 aliphatic rings. The van der Waals surface area contributed by atoms with Gasteiger partial charge in [-0.1, -0.05) is 0 Å². The van der Waals surface area contributed by atoms with E-state index in [2.05, 4.69) is 30.8 Å². The number of H-pyrrole nitrogens is 1. The molecule has 0 aliphatic heterocycles. The van der Waals surface area contributed by atoms with E-state index in [0.717, 1.165) is 36.3 Å². The van der Waals surface area contributed by atoms with Gasteiger partial charge in [-0.2, -0.15) is 10.1 Å². The number of methoxy groups -OCH3 is 1. The van der Waals surface area contributed by atoms with E-state index in [4.69, 9.17) is 9.47 Å². The Labute approximate surface area is 158 Å². The standard InChI is InChI=1S/C18H26N6O3/c1-10(2)20-18(25)27-13-6-5-12(7-13)14-8-16(24-23-14)22-15-9-19-17(26-4)21-11(15)3/h8-10,12-13H,5-7H2,1-4H3,(H,20,25)(H2,22,23,24)/t12-,13+/m0/s1. The van der Waals surface area contributed by atoms with Crippen molar-refractivity contribution in [3.8, 4) is 6.01 Å². The van der Waals surface area contributed by atoms with Crippen molar-refractivity contribution < 1.29 is 14.3 Å². The number of hydrogen-bond acceptors (Lipinski definition) is 7. The van der Waals surface area contributed by atoms with Gasteiger partial charge in [0, 0.05) is 23.7 Å². The highest BCUT2D eigenvalue weighted by Crippen LogP contribution is 2.36. The summed E-state index contributed by atoms with van der Waals surface area (Å²) in [6.45, 7) is 5.70. The summed E-state index contributed by atoms with van der Waals surface area (Å²) >= 11 is 0. The van der Waals surface area contributed by atoms with Crippen LogP contribution in [-0.4, -0.2) is 45.5 Å². The fraction of sp³-hybridized carbons (Fsp3) is 0.556. The number of ether oxygens (including phenoxy) is 2. The number of amides is 1. The summed E-state index contributed by atoms with van der Waals surface area (Å²) in [5, 5.41) is 13.4. The van der Waals surface area contributed by atoms with Gasteiger partial charge in [0.15, 0.2) is 5.82 Å². The SMILES string of the molecule is COc1ncc(Nc2cc([C@H]3CC[C@@H](OC(=O)NC(C)C)C3)[nH]n2)c(C)n1. The van der Waals surface area contributed by atoms with E-state index in [1.807, 2.05) is 26.8 Å². The predicted molar refractivity (Wildman–Crippen MR) is 100 cm³/mol. The second-order valence-electron chi connectivity index (χ2n) is 7.03. The van der Waals surface area contributed by atoms with Gasteiger partial charge in [0.25, 0.3) is 0 Å². The maximum atomic E-state index is 11.8. The molecule has 1 saturated carbocycles. The number of carbonyl (C=O) groups excluding carboxylic acids is 1. The van der Waals surface area contributed by atoms with E-state index < -0.39 is 0 Å². The Morgan fingerprint density at radius 3 is 2.89 bits per heavy atom. The Bertz CT molecular complexity index is 791. The van der Waals surface area contributed by atoms with Crippen LogP contribution in [-0.2, 0) is 4.74 Å². The number of aromatic amines is 1. The molecule has 2 heterocycles. The van der Waals surface area contributed by atoms with Crippen LogP contribution in [0.5, 0.6) is 6.01 Å². The monoisotopic (exact) mass is 374 g/mol. The highest BCUT2D eigenvalue weighted by atomic mass is 16.6. The third-order valence-corrected chi connectivity index (χ3v) is 4.50. The van der Waals surface area contributed by atoms with Crippen molar-refractivity contribution in [1.29, 1.82) is 0 Å². The normalized spacial score (nSPS) is 19.1. The molecule has 0 unspecified atom stereocenters. The van der Waals surface area contributed by atoms with Crippen LogP contribution in [0.3, 0.4) is 0 Å². The topological polar surface area (TPSA) is 114 Å². The third-order valence-electron chi connectivity index (χ3n) is 4.50. The Morgan fingerprint density at radius 1 is 1.37 bits per heavy atom. The summed E-state index contributed by atoms with van der Waals surface area (Å²) in [6, 6.07) is 2.38. The maximum Gasteiger partial charge on any atom is 0.407 e. The van der Waals surface area contributed by atoms with Crippen molar-refractivity contribution in [2.75, 3.05) is 12.4 Å². The fourth-order valence-electron chi connectivity index (χ4n) is 3.17. The number of nitrogens with one attached hydrogen (secondary N) is 3. The number of alkyl carbamates (subject to hydrolysis) is 1. The Kier molecular flexibility index (Phi) is 5.78. The molecule has 0 radical (unpaired) electrons.